The maximum atomic E-state index is 12.9. The zero-order chi connectivity index (χ0) is 21.0. The molecular formula is C23H22ClNO4. The molecule has 5 nitrogen and oxygen atoms in total. The number of hydrogen-bond donors (Lipinski definition) is 1. The van der Waals surface area contributed by atoms with Crippen LogP contribution in [-0.4, -0.2) is 26.2 Å². The molecule has 1 N–H and O–H groups in total. The molecule has 2 aromatic rings. The highest BCUT2D eigenvalue weighted by Crippen LogP contribution is 2.46. The molecule has 1 heterocycles. The summed E-state index contributed by atoms with van der Waals surface area (Å²) in [6.07, 6.45) is -0.0820. The van der Waals surface area contributed by atoms with Crippen molar-refractivity contribution in [3.05, 3.63) is 87.7 Å². The number of methoxy groups -OCH3 is 2. The molecule has 1 unspecified atom stereocenters. The van der Waals surface area contributed by atoms with Crippen molar-refractivity contribution < 1.29 is 19.1 Å². The molecule has 0 fully saturated rings. The van der Waals surface area contributed by atoms with Crippen LogP contribution in [0.15, 0.2) is 71.6 Å². The van der Waals surface area contributed by atoms with Gasteiger partial charge in [-0.3, -0.25) is 4.79 Å². The summed E-state index contributed by atoms with van der Waals surface area (Å²) in [5.41, 5.74) is 4.22. The molecule has 29 heavy (non-hydrogen) atoms. The average molecular weight is 412 g/mol. The summed E-state index contributed by atoms with van der Waals surface area (Å²) in [7, 11) is 2.63. The first-order valence-electron chi connectivity index (χ1n) is 9.13. The fourth-order valence-electron chi connectivity index (χ4n) is 3.62. The minimum absolute atomic E-state index is 0.0820. The van der Waals surface area contributed by atoms with Gasteiger partial charge in [-0.1, -0.05) is 60.1 Å². The van der Waals surface area contributed by atoms with Gasteiger partial charge in [0, 0.05) is 22.3 Å². The highest BCUT2D eigenvalue weighted by Gasteiger charge is 2.37. The molecule has 3 rings (SSSR count). The third-order valence-corrected chi connectivity index (χ3v) is 5.24. The molecule has 0 saturated carbocycles. The van der Waals surface area contributed by atoms with E-state index in [2.05, 4.69) is 5.32 Å². The number of halogens is 1. The Kier molecular flexibility index (Phi) is 6.39. The van der Waals surface area contributed by atoms with Crippen LogP contribution in [0, 0.1) is 0 Å². The Bertz CT molecular complexity index is 995. The Morgan fingerprint density at radius 3 is 2.28 bits per heavy atom. The van der Waals surface area contributed by atoms with E-state index in [1.807, 2.05) is 55.5 Å². The first-order chi connectivity index (χ1) is 14.0. The number of dihydropyridines is 1. The van der Waals surface area contributed by atoms with E-state index in [4.69, 9.17) is 21.1 Å². The van der Waals surface area contributed by atoms with Crippen LogP contribution >= 0.6 is 11.6 Å². The Labute approximate surface area is 175 Å². The van der Waals surface area contributed by atoms with Gasteiger partial charge < -0.3 is 14.8 Å². The second-order valence-electron chi connectivity index (χ2n) is 6.62. The molecular weight excluding hydrogens is 390 g/mol. The smallest absolute Gasteiger partial charge is 0.336 e. The van der Waals surface area contributed by atoms with Crippen molar-refractivity contribution in [2.45, 2.75) is 19.3 Å². The average Bonchev–Trinajstić information content (AvgIpc) is 2.73. The van der Waals surface area contributed by atoms with E-state index in [1.54, 1.807) is 6.07 Å². The third-order valence-electron chi connectivity index (χ3n) is 4.90. The van der Waals surface area contributed by atoms with Crippen LogP contribution in [0.4, 0.5) is 0 Å². The van der Waals surface area contributed by atoms with Gasteiger partial charge in [0.05, 0.1) is 26.2 Å². The summed E-state index contributed by atoms with van der Waals surface area (Å²) in [5, 5.41) is 3.76. The predicted molar refractivity (Wildman–Crippen MR) is 112 cm³/mol. The van der Waals surface area contributed by atoms with Crippen molar-refractivity contribution in [1.82, 2.24) is 5.32 Å². The lowest BCUT2D eigenvalue weighted by atomic mass is 9.77. The molecule has 1 aliphatic heterocycles. The van der Waals surface area contributed by atoms with Gasteiger partial charge in [0.25, 0.3) is 0 Å². The van der Waals surface area contributed by atoms with E-state index in [0.29, 0.717) is 16.3 Å². The second-order valence-corrected chi connectivity index (χ2v) is 7.03. The molecule has 150 valence electrons. The molecule has 0 radical (unpaired) electrons. The molecule has 2 aromatic carbocycles. The Hall–Kier alpha value is -3.05. The Balaban J connectivity index is 2.29. The lowest BCUT2D eigenvalue weighted by Crippen LogP contribution is -2.30. The number of nitrogens with one attached hydrogen (secondary N) is 1. The Morgan fingerprint density at radius 1 is 1.00 bits per heavy atom. The zero-order valence-corrected chi connectivity index (χ0v) is 17.2. The van der Waals surface area contributed by atoms with E-state index in [-0.39, 0.29) is 6.42 Å². The predicted octanol–water partition coefficient (Wildman–Crippen LogP) is 4.45. The normalized spacial score (nSPS) is 16.3. The molecule has 0 amide bonds. The van der Waals surface area contributed by atoms with Crippen LogP contribution in [0.2, 0.25) is 5.02 Å². The van der Waals surface area contributed by atoms with Crippen molar-refractivity contribution in [3.63, 3.8) is 0 Å². The molecule has 0 aliphatic carbocycles. The maximum Gasteiger partial charge on any atom is 0.336 e. The van der Waals surface area contributed by atoms with Gasteiger partial charge in [-0.2, -0.15) is 0 Å². The quantitative estimate of drug-likeness (QED) is 0.736. The lowest BCUT2D eigenvalue weighted by Gasteiger charge is -2.33. The summed E-state index contributed by atoms with van der Waals surface area (Å²) in [6, 6.07) is 17.1. The number of carbonyl (C=O) groups is 2. The minimum atomic E-state index is -0.526. The van der Waals surface area contributed by atoms with E-state index in [0.717, 1.165) is 22.4 Å². The van der Waals surface area contributed by atoms with Crippen LogP contribution < -0.4 is 5.32 Å². The summed E-state index contributed by atoms with van der Waals surface area (Å²) >= 11 is 6.54. The molecule has 1 aliphatic rings. The number of benzene rings is 2. The lowest BCUT2D eigenvalue weighted by molar-refractivity contribution is -0.139. The number of hydrogen-bond acceptors (Lipinski definition) is 5. The second kappa shape index (κ2) is 8.97. The van der Waals surface area contributed by atoms with Crippen molar-refractivity contribution >= 4 is 29.1 Å². The first kappa shape index (κ1) is 20.7. The molecule has 6 heteroatoms. The molecule has 1 atom stereocenters. The van der Waals surface area contributed by atoms with Crippen molar-refractivity contribution in [2.75, 3.05) is 14.2 Å². The van der Waals surface area contributed by atoms with Gasteiger partial charge in [0.1, 0.15) is 0 Å². The van der Waals surface area contributed by atoms with Crippen molar-refractivity contribution in [3.8, 4) is 0 Å². The van der Waals surface area contributed by atoms with E-state index in [1.165, 1.54) is 14.2 Å². The van der Waals surface area contributed by atoms with Crippen LogP contribution in [0.5, 0.6) is 0 Å². The highest BCUT2D eigenvalue weighted by atomic mass is 35.5. The van der Waals surface area contributed by atoms with E-state index in [9.17, 15) is 9.59 Å². The van der Waals surface area contributed by atoms with Gasteiger partial charge in [-0.15, -0.1) is 0 Å². The number of esters is 2. The molecule has 0 spiro atoms. The number of rotatable bonds is 5. The van der Waals surface area contributed by atoms with Crippen molar-refractivity contribution in [2.24, 2.45) is 0 Å². The standard InChI is InChI=1S/C23H22ClNO4/c1-14-20(15-9-5-4-6-10-15)21(16-11-7-8-12-17(16)24)22(23(27)29-3)18(25-14)13-19(26)28-2/h4-12,21,25H,13H2,1-3H3. The maximum absolute atomic E-state index is 12.9. The summed E-state index contributed by atoms with van der Waals surface area (Å²) in [5.74, 6) is -1.48. The molecule has 0 bridgehead atoms. The first-order valence-corrected chi connectivity index (χ1v) is 9.51. The zero-order valence-electron chi connectivity index (χ0n) is 16.5. The van der Waals surface area contributed by atoms with Gasteiger partial charge in [-0.05, 0) is 29.7 Å². The number of allylic oxidation sites excluding steroid dienone is 2. The van der Waals surface area contributed by atoms with Crippen LogP contribution in [0.1, 0.15) is 30.4 Å². The fraction of sp³-hybridized carbons (Fsp3) is 0.217. The fourth-order valence-corrected chi connectivity index (χ4v) is 3.87. The largest absolute Gasteiger partial charge is 0.469 e. The van der Waals surface area contributed by atoms with Crippen LogP contribution in [0.25, 0.3) is 5.57 Å². The topological polar surface area (TPSA) is 64.6 Å². The SMILES string of the molecule is COC(=O)CC1=C(C(=O)OC)C(c2ccccc2Cl)C(c2ccccc2)=C(C)N1. The van der Waals surface area contributed by atoms with Gasteiger partial charge in [-0.25, -0.2) is 4.79 Å². The summed E-state index contributed by atoms with van der Waals surface area (Å²) in [4.78, 5) is 24.9. The van der Waals surface area contributed by atoms with Gasteiger partial charge in [0.15, 0.2) is 0 Å². The van der Waals surface area contributed by atoms with Gasteiger partial charge >= 0.3 is 11.9 Å². The van der Waals surface area contributed by atoms with Crippen LogP contribution in [-0.2, 0) is 19.1 Å². The van der Waals surface area contributed by atoms with E-state index < -0.39 is 17.9 Å². The van der Waals surface area contributed by atoms with E-state index >= 15 is 0 Å². The summed E-state index contributed by atoms with van der Waals surface area (Å²) in [6.45, 7) is 1.91. The number of carbonyl (C=O) groups excluding carboxylic acids is 2. The Morgan fingerprint density at radius 2 is 1.66 bits per heavy atom. The molecule has 0 saturated heterocycles. The third kappa shape index (κ3) is 4.20. The monoisotopic (exact) mass is 411 g/mol. The highest BCUT2D eigenvalue weighted by molar-refractivity contribution is 6.31. The number of ether oxygens (including phenoxy) is 2. The van der Waals surface area contributed by atoms with Crippen molar-refractivity contribution in [1.29, 1.82) is 0 Å². The summed E-state index contributed by atoms with van der Waals surface area (Å²) < 4.78 is 9.91. The minimum Gasteiger partial charge on any atom is -0.469 e. The molecule has 0 aromatic heterocycles. The van der Waals surface area contributed by atoms with Crippen LogP contribution in [0.3, 0.4) is 0 Å². The van der Waals surface area contributed by atoms with Gasteiger partial charge in [0.2, 0.25) is 0 Å².